The molecule has 0 saturated heterocycles. The lowest BCUT2D eigenvalue weighted by atomic mass is 10.1. The van der Waals surface area contributed by atoms with Gasteiger partial charge in [0.1, 0.15) is 0 Å². The van der Waals surface area contributed by atoms with Gasteiger partial charge >= 0.3 is 0 Å². The summed E-state index contributed by atoms with van der Waals surface area (Å²) < 4.78 is 0. The average molecular weight is 275 g/mol. The molecule has 108 valence electrons. The maximum Gasteiger partial charge on any atom is 0.238 e. The molecule has 0 radical (unpaired) electrons. The van der Waals surface area contributed by atoms with E-state index in [9.17, 15) is 9.59 Å². The number of rotatable bonds is 6. The lowest BCUT2D eigenvalue weighted by molar-refractivity contribution is -0.116. The van der Waals surface area contributed by atoms with Crippen LogP contribution in [0.15, 0.2) is 18.2 Å². The molecule has 20 heavy (non-hydrogen) atoms. The Bertz CT molecular complexity index is 510. The molecule has 0 bridgehead atoms. The van der Waals surface area contributed by atoms with Crippen LogP contribution in [-0.2, 0) is 9.59 Å². The molecule has 0 aliphatic heterocycles. The lowest BCUT2D eigenvalue weighted by Gasteiger charge is -2.13. The molecule has 0 unspecified atom stereocenters. The highest BCUT2D eigenvalue weighted by atomic mass is 16.2. The van der Waals surface area contributed by atoms with Crippen molar-refractivity contribution in [3.8, 4) is 0 Å². The summed E-state index contributed by atoms with van der Waals surface area (Å²) in [4.78, 5) is 23.3. The minimum atomic E-state index is -0.0565. The Morgan fingerprint density at radius 2 is 1.75 bits per heavy atom. The first kappa shape index (κ1) is 14.5. The molecule has 2 rings (SSSR count). The van der Waals surface area contributed by atoms with Gasteiger partial charge in [0, 0.05) is 23.8 Å². The zero-order valence-corrected chi connectivity index (χ0v) is 12.0. The first-order valence-corrected chi connectivity index (χ1v) is 7.03. The first-order chi connectivity index (χ1) is 9.60. The molecular weight excluding hydrogens is 254 g/mol. The van der Waals surface area contributed by atoms with Crippen molar-refractivity contribution in [2.75, 3.05) is 17.2 Å². The Labute approximate surface area is 119 Å². The Morgan fingerprint density at radius 1 is 1.15 bits per heavy atom. The second kappa shape index (κ2) is 6.52. The molecule has 0 spiro atoms. The number of nitrogens with one attached hydrogen (secondary N) is 3. The van der Waals surface area contributed by atoms with E-state index in [1.54, 1.807) is 6.92 Å². The summed E-state index contributed by atoms with van der Waals surface area (Å²) in [5, 5.41) is 8.87. The smallest absolute Gasteiger partial charge is 0.238 e. The lowest BCUT2D eigenvalue weighted by Crippen LogP contribution is -2.29. The van der Waals surface area contributed by atoms with Crippen molar-refractivity contribution in [2.45, 2.75) is 39.2 Å². The van der Waals surface area contributed by atoms with E-state index < -0.39 is 0 Å². The summed E-state index contributed by atoms with van der Waals surface area (Å²) in [6.07, 6.45) is 2.75. The van der Waals surface area contributed by atoms with E-state index >= 15 is 0 Å². The molecule has 1 aliphatic rings. The van der Waals surface area contributed by atoms with E-state index in [1.165, 1.54) is 0 Å². The number of anilines is 2. The van der Waals surface area contributed by atoms with E-state index in [0.29, 0.717) is 19.0 Å². The predicted octanol–water partition coefficient (Wildman–Crippen LogP) is 2.03. The highest BCUT2D eigenvalue weighted by Crippen LogP contribution is 2.23. The van der Waals surface area contributed by atoms with E-state index in [4.69, 9.17) is 0 Å². The van der Waals surface area contributed by atoms with Crippen molar-refractivity contribution in [1.29, 1.82) is 0 Å². The molecule has 0 aromatic heterocycles. The summed E-state index contributed by atoms with van der Waals surface area (Å²) >= 11 is 0. The van der Waals surface area contributed by atoms with Crippen molar-refractivity contribution in [1.82, 2.24) is 5.32 Å². The Hall–Kier alpha value is -1.88. The van der Waals surface area contributed by atoms with Gasteiger partial charge in [0.25, 0.3) is 0 Å². The van der Waals surface area contributed by atoms with Crippen LogP contribution in [0.2, 0.25) is 0 Å². The Kier molecular flexibility index (Phi) is 4.74. The van der Waals surface area contributed by atoms with Gasteiger partial charge in [-0.1, -0.05) is 13.0 Å². The zero-order valence-electron chi connectivity index (χ0n) is 12.0. The fourth-order valence-corrected chi connectivity index (χ4v) is 1.86. The van der Waals surface area contributed by atoms with Crippen LogP contribution in [0.5, 0.6) is 0 Å². The summed E-state index contributed by atoms with van der Waals surface area (Å²) in [6, 6.07) is 6.01. The van der Waals surface area contributed by atoms with Gasteiger partial charge in [-0.15, -0.1) is 0 Å². The highest BCUT2D eigenvalue weighted by molar-refractivity contribution is 5.96. The second-order valence-electron chi connectivity index (χ2n) is 5.08. The van der Waals surface area contributed by atoms with Crippen molar-refractivity contribution in [2.24, 2.45) is 0 Å². The number of hydrogen-bond donors (Lipinski definition) is 3. The number of carbonyl (C=O) groups is 2. The van der Waals surface area contributed by atoms with Crippen LogP contribution in [0.1, 0.15) is 31.7 Å². The molecule has 5 nitrogen and oxygen atoms in total. The van der Waals surface area contributed by atoms with Crippen LogP contribution < -0.4 is 16.0 Å². The molecule has 1 aromatic rings. The minimum absolute atomic E-state index is 0.0352. The van der Waals surface area contributed by atoms with Crippen LogP contribution >= 0.6 is 0 Å². The number of carbonyl (C=O) groups excluding carboxylic acids is 2. The van der Waals surface area contributed by atoms with Gasteiger partial charge in [0.15, 0.2) is 0 Å². The van der Waals surface area contributed by atoms with Gasteiger partial charge in [0.2, 0.25) is 11.8 Å². The molecular formula is C15H21N3O2. The molecule has 5 heteroatoms. The van der Waals surface area contributed by atoms with Gasteiger partial charge < -0.3 is 16.0 Å². The topological polar surface area (TPSA) is 70.2 Å². The van der Waals surface area contributed by atoms with E-state index in [1.807, 2.05) is 25.1 Å². The van der Waals surface area contributed by atoms with Crippen molar-refractivity contribution in [3.05, 3.63) is 23.8 Å². The third-order valence-corrected chi connectivity index (χ3v) is 3.33. The maximum atomic E-state index is 11.8. The van der Waals surface area contributed by atoms with Crippen LogP contribution in [0.25, 0.3) is 0 Å². The molecule has 2 amide bonds. The molecule has 0 heterocycles. The van der Waals surface area contributed by atoms with E-state index in [2.05, 4.69) is 16.0 Å². The third kappa shape index (κ3) is 4.06. The van der Waals surface area contributed by atoms with Gasteiger partial charge in [-0.25, -0.2) is 0 Å². The summed E-state index contributed by atoms with van der Waals surface area (Å²) in [5.74, 6) is -0.0917. The molecule has 1 fully saturated rings. The summed E-state index contributed by atoms with van der Waals surface area (Å²) in [5.41, 5.74) is 2.35. The first-order valence-electron chi connectivity index (χ1n) is 7.03. The van der Waals surface area contributed by atoms with E-state index in [-0.39, 0.29) is 11.8 Å². The second-order valence-corrected chi connectivity index (χ2v) is 5.08. The minimum Gasteiger partial charge on any atom is -0.326 e. The Balaban J connectivity index is 1.97. The van der Waals surface area contributed by atoms with Crippen molar-refractivity contribution in [3.63, 3.8) is 0 Å². The van der Waals surface area contributed by atoms with Crippen molar-refractivity contribution < 1.29 is 9.59 Å². The molecule has 1 saturated carbocycles. The van der Waals surface area contributed by atoms with Gasteiger partial charge in [-0.2, -0.15) is 0 Å². The van der Waals surface area contributed by atoms with Crippen LogP contribution in [-0.4, -0.2) is 24.4 Å². The highest BCUT2D eigenvalue weighted by Gasteiger charge is 2.21. The maximum absolute atomic E-state index is 11.8. The number of hydrogen-bond acceptors (Lipinski definition) is 3. The van der Waals surface area contributed by atoms with Gasteiger partial charge in [-0.3, -0.25) is 9.59 Å². The molecule has 1 aliphatic carbocycles. The normalized spacial score (nSPS) is 13.9. The predicted molar refractivity (Wildman–Crippen MR) is 79.8 cm³/mol. The van der Waals surface area contributed by atoms with Gasteiger partial charge in [0.05, 0.1) is 6.54 Å². The zero-order chi connectivity index (χ0) is 14.5. The quantitative estimate of drug-likeness (QED) is 0.744. The number of benzene rings is 1. The summed E-state index contributed by atoms with van der Waals surface area (Å²) in [7, 11) is 0. The molecule has 0 atom stereocenters. The monoisotopic (exact) mass is 275 g/mol. The summed E-state index contributed by atoms with van der Waals surface area (Å²) in [6.45, 7) is 4.02. The third-order valence-electron chi connectivity index (χ3n) is 3.33. The van der Waals surface area contributed by atoms with Crippen LogP contribution in [0.4, 0.5) is 11.4 Å². The molecule has 1 aromatic carbocycles. The molecule has 3 N–H and O–H groups in total. The Morgan fingerprint density at radius 3 is 2.30 bits per heavy atom. The van der Waals surface area contributed by atoms with Gasteiger partial charge in [-0.05, 0) is 37.5 Å². The largest absolute Gasteiger partial charge is 0.326 e. The van der Waals surface area contributed by atoms with Crippen molar-refractivity contribution >= 4 is 23.2 Å². The fourth-order valence-electron chi connectivity index (χ4n) is 1.86. The SMILES string of the molecule is CCC(=O)Nc1cccc(NC(=O)CNC2CC2)c1C. The fraction of sp³-hybridized carbons (Fsp3) is 0.467. The van der Waals surface area contributed by atoms with Crippen LogP contribution in [0.3, 0.4) is 0 Å². The average Bonchev–Trinajstić information content (AvgIpc) is 3.25. The number of amides is 2. The standard InChI is InChI=1S/C15H21N3O2/c1-3-14(19)17-12-5-4-6-13(10(12)2)18-15(20)9-16-11-7-8-11/h4-6,11,16H,3,7-9H2,1-2H3,(H,17,19)(H,18,20). The van der Waals surface area contributed by atoms with Crippen LogP contribution in [0, 0.1) is 6.92 Å². The van der Waals surface area contributed by atoms with E-state index in [0.717, 1.165) is 29.8 Å².